The van der Waals surface area contributed by atoms with Gasteiger partial charge in [0.25, 0.3) is 5.91 Å². The number of hydrogen-bond acceptors (Lipinski definition) is 5. The Morgan fingerprint density at radius 1 is 1.12 bits per heavy atom. The molecule has 0 aliphatic rings. The van der Waals surface area contributed by atoms with Crippen LogP contribution in [0.5, 0.6) is 0 Å². The first-order valence-corrected chi connectivity index (χ1v) is 9.14. The molecule has 1 aromatic heterocycles. The topological polar surface area (TPSA) is 68.3 Å². The Morgan fingerprint density at radius 2 is 1.92 bits per heavy atom. The van der Waals surface area contributed by atoms with Gasteiger partial charge < -0.3 is 10.1 Å². The van der Waals surface area contributed by atoms with E-state index in [9.17, 15) is 9.59 Å². The van der Waals surface area contributed by atoms with E-state index in [4.69, 9.17) is 4.74 Å². The third kappa shape index (κ3) is 6.58. The molecule has 0 atom stereocenters. The van der Waals surface area contributed by atoms with Gasteiger partial charge in [-0.3, -0.25) is 4.79 Å². The summed E-state index contributed by atoms with van der Waals surface area (Å²) in [5.41, 5.74) is 0.357. The van der Waals surface area contributed by atoms with Crippen LogP contribution in [-0.4, -0.2) is 30.0 Å². The van der Waals surface area contributed by atoms with E-state index in [-0.39, 0.29) is 12.5 Å². The normalized spacial score (nSPS) is 10.3. The van der Waals surface area contributed by atoms with Crippen molar-refractivity contribution >= 4 is 23.6 Å². The largest absolute Gasteiger partial charge is 0.452 e. The minimum absolute atomic E-state index is 0.282. The highest BCUT2D eigenvalue weighted by Crippen LogP contribution is 2.28. The summed E-state index contributed by atoms with van der Waals surface area (Å²) in [7, 11) is 0. The summed E-state index contributed by atoms with van der Waals surface area (Å²) in [6.07, 6.45) is 4.71. The van der Waals surface area contributed by atoms with E-state index in [0.717, 1.165) is 24.2 Å². The average Bonchev–Trinajstić information content (AvgIpc) is 2.64. The summed E-state index contributed by atoms with van der Waals surface area (Å²) in [5.74, 6) is -0.833. The molecule has 1 aromatic carbocycles. The zero-order valence-corrected chi connectivity index (χ0v) is 15.1. The zero-order valence-electron chi connectivity index (χ0n) is 14.2. The molecule has 6 heteroatoms. The lowest BCUT2D eigenvalue weighted by Crippen LogP contribution is -2.29. The van der Waals surface area contributed by atoms with Gasteiger partial charge in [-0.1, -0.05) is 49.7 Å². The van der Waals surface area contributed by atoms with Gasteiger partial charge in [-0.05, 0) is 30.7 Å². The number of esters is 1. The van der Waals surface area contributed by atoms with Gasteiger partial charge in [0.05, 0.1) is 5.56 Å². The smallest absolute Gasteiger partial charge is 0.341 e. The number of pyridine rings is 1. The first kappa shape index (κ1) is 19.0. The number of nitrogens with zero attached hydrogens (tertiary/aromatic N) is 1. The van der Waals surface area contributed by atoms with Gasteiger partial charge in [-0.2, -0.15) is 0 Å². The number of benzene rings is 1. The highest BCUT2D eigenvalue weighted by molar-refractivity contribution is 7.99. The molecule has 0 aliphatic heterocycles. The van der Waals surface area contributed by atoms with Crippen LogP contribution in [0.1, 0.15) is 36.5 Å². The zero-order chi connectivity index (χ0) is 17.9. The molecule has 0 saturated carbocycles. The number of hydrogen-bond donors (Lipinski definition) is 1. The average molecular weight is 358 g/mol. The van der Waals surface area contributed by atoms with E-state index >= 15 is 0 Å². The van der Waals surface area contributed by atoms with Crippen LogP contribution in [0.25, 0.3) is 0 Å². The number of nitrogens with one attached hydrogen (secondary N) is 1. The maximum Gasteiger partial charge on any atom is 0.341 e. The molecule has 0 spiro atoms. The molecule has 0 fully saturated rings. The summed E-state index contributed by atoms with van der Waals surface area (Å²) < 4.78 is 5.12. The van der Waals surface area contributed by atoms with Gasteiger partial charge >= 0.3 is 5.97 Å². The van der Waals surface area contributed by atoms with E-state index in [0.29, 0.717) is 17.1 Å². The van der Waals surface area contributed by atoms with Gasteiger partial charge in [-0.15, -0.1) is 0 Å². The SMILES string of the molecule is CCCCCNC(=O)COC(=O)c1cccnc1Sc1ccccc1. The number of rotatable bonds is 9. The molecule has 25 heavy (non-hydrogen) atoms. The number of carbonyl (C=O) groups excluding carboxylic acids is 2. The Labute approximate surface area is 152 Å². The molecule has 5 nitrogen and oxygen atoms in total. The van der Waals surface area contributed by atoms with E-state index in [1.807, 2.05) is 30.3 Å². The Bertz CT molecular complexity index is 692. The highest BCUT2D eigenvalue weighted by atomic mass is 32.2. The van der Waals surface area contributed by atoms with Crippen molar-refractivity contribution in [3.63, 3.8) is 0 Å². The summed E-state index contributed by atoms with van der Waals surface area (Å²) in [6, 6.07) is 13.0. The van der Waals surface area contributed by atoms with Gasteiger partial charge in [0, 0.05) is 17.6 Å². The predicted octanol–water partition coefficient (Wildman–Crippen LogP) is 3.70. The lowest BCUT2D eigenvalue weighted by molar-refractivity contribution is -0.124. The van der Waals surface area contributed by atoms with Crippen molar-refractivity contribution < 1.29 is 14.3 Å². The van der Waals surface area contributed by atoms with E-state index < -0.39 is 5.97 Å². The molecule has 1 heterocycles. The Balaban J connectivity index is 1.90. The summed E-state index contributed by atoms with van der Waals surface area (Å²) in [4.78, 5) is 29.2. The van der Waals surface area contributed by atoms with E-state index in [1.54, 1.807) is 18.3 Å². The molecular weight excluding hydrogens is 336 g/mol. The van der Waals surface area contributed by atoms with E-state index in [1.165, 1.54) is 11.8 Å². The standard InChI is InChI=1S/C19H22N2O3S/c1-2-3-7-12-20-17(22)14-24-19(23)16-11-8-13-21-18(16)25-15-9-5-4-6-10-15/h4-6,8-11,13H,2-3,7,12,14H2,1H3,(H,20,22). The van der Waals surface area contributed by atoms with Crippen molar-refractivity contribution in [3.8, 4) is 0 Å². The number of unbranched alkanes of at least 4 members (excludes halogenated alkanes) is 2. The Morgan fingerprint density at radius 3 is 2.68 bits per heavy atom. The van der Waals surface area contributed by atoms with Crippen molar-refractivity contribution in [2.24, 2.45) is 0 Å². The molecule has 0 unspecified atom stereocenters. The molecule has 1 amide bonds. The molecule has 2 aromatic rings. The summed E-state index contributed by atoms with van der Waals surface area (Å²) >= 11 is 1.38. The van der Waals surface area contributed by atoms with Crippen molar-refractivity contribution in [2.75, 3.05) is 13.2 Å². The number of carbonyl (C=O) groups is 2. The van der Waals surface area contributed by atoms with Crippen LogP contribution in [0.15, 0.2) is 58.6 Å². The Hall–Kier alpha value is -2.34. The van der Waals surface area contributed by atoms with Crippen molar-refractivity contribution in [1.29, 1.82) is 0 Å². The molecule has 2 rings (SSSR count). The second-order valence-corrected chi connectivity index (χ2v) is 6.47. The number of amides is 1. The van der Waals surface area contributed by atoms with Crippen molar-refractivity contribution in [1.82, 2.24) is 10.3 Å². The molecule has 0 bridgehead atoms. The summed E-state index contributed by atoms with van der Waals surface area (Å²) in [6.45, 7) is 2.42. The first-order valence-electron chi connectivity index (χ1n) is 8.32. The summed E-state index contributed by atoms with van der Waals surface area (Å²) in [5, 5.41) is 3.30. The third-order valence-corrected chi connectivity index (χ3v) is 4.41. The number of ether oxygens (including phenoxy) is 1. The van der Waals surface area contributed by atoms with Crippen molar-refractivity contribution in [3.05, 3.63) is 54.2 Å². The van der Waals surface area contributed by atoms with Gasteiger partial charge in [0.2, 0.25) is 0 Å². The second-order valence-electron chi connectivity index (χ2n) is 5.40. The van der Waals surface area contributed by atoms with Crippen LogP contribution in [0, 0.1) is 0 Å². The minimum atomic E-state index is -0.546. The van der Waals surface area contributed by atoms with Gasteiger partial charge in [0.1, 0.15) is 5.03 Å². The fourth-order valence-electron chi connectivity index (χ4n) is 2.09. The van der Waals surface area contributed by atoms with Crippen molar-refractivity contribution in [2.45, 2.75) is 36.1 Å². The third-order valence-electron chi connectivity index (χ3n) is 3.39. The van der Waals surface area contributed by atoms with Crippen LogP contribution in [0.2, 0.25) is 0 Å². The fraction of sp³-hybridized carbons (Fsp3) is 0.316. The second kappa shape index (κ2) is 10.5. The quantitative estimate of drug-likeness (QED) is 0.547. The molecule has 0 radical (unpaired) electrons. The molecular formula is C19H22N2O3S. The molecule has 1 N–H and O–H groups in total. The van der Waals surface area contributed by atoms with E-state index in [2.05, 4.69) is 17.2 Å². The Kier molecular flexibility index (Phi) is 7.98. The predicted molar refractivity (Wildman–Crippen MR) is 97.6 cm³/mol. The maximum atomic E-state index is 12.3. The molecule has 0 aliphatic carbocycles. The van der Waals surface area contributed by atoms with Crippen LogP contribution >= 0.6 is 11.8 Å². The molecule has 0 saturated heterocycles. The maximum absolute atomic E-state index is 12.3. The lowest BCUT2D eigenvalue weighted by Gasteiger charge is -2.09. The fourth-order valence-corrected chi connectivity index (χ4v) is 2.98. The van der Waals surface area contributed by atoms with Crippen LogP contribution in [0.3, 0.4) is 0 Å². The van der Waals surface area contributed by atoms with Crippen LogP contribution in [0.4, 0.5) is 0 Å². The monoisotopic (exact) mass is 358 g/mol. The number of aromatic nitrogens is 1. The van der Waals surface area contributed by atoms with Gasteiger partial charge in [-0.25, -0.2) is 9.78 Å². The molecule has 132 valence electrons. The highest BCUT2D eigenvalue weighted by Gasteiger charge is 2.16. The van der Waals surface area contributed by atoms with Gasteiger partial charge in [0.15, 0.2) is 6.61 Å². The first-order chi connectivity index (χ1) is 12.2. The van der Waals surface area contributed by atoms with Crippen LogP contribution in [-0.2, 0) is 9.53 Å². The minimum Gasteiger partial charge on any atom is -0.452 e. The lowest BCUT2D eigenvalue weighted by atomic mass is 10.2. The van der Waals surface area contributed by atoms with Crippen LogP contribution < -0.4 is 5.32 Å².